The summed E-state index contributed by atoms with van der Waals surface area (Å²) in [6.07, 6.45) is 2.39. The Balaban J connectivity index is 1.92. The van der Waals surface area contributed by atoms with Gasteiger partial charge in [0.25, 0.3) is 5.91 Å². The quantitative estimate of drug-likeness (QED) is 0.793. The Bertz CT molecular complexity index is 691. The minimum absolute atomic E-state index is 0.0515. The lowest BCUT2D eigenvalue weighted by Crippen LogP contribution is -2.35. The van der Waals surface area contributed by atoms with E-state index in [-0.39, 0.29) is 25.0 Å². The number of rotatable bonds is 7. The van der Waals surface area contributed by atoms with E-state index < -0.39 is 5.97 Å². The molecule has 1 heterocycles. The second kappa shape index (κ2) is 7.67. The van der Waals surface area contributed by atoms with Crippen molar-refractivity contribution in [2.24, 2.45) is 0 Å². The van der Waals surface area contributed by atoms with Gasteiger partial charge in [0.1, 0.15) is 11.3 Å². The number of nitrogens with one attached hydrogen (secondary N) is 1. The summed E-state index contributed by atoms with van der Waals surface area (Å²) in [5, 5.41) is 3.56. The molecule has 0 aliphatic carbocycles. The van der Waals surface area contributed by atoms with Crippen LogP contribution in [-0.2, 0) is 20.7 Å². The first-order valence-electron chi connectivity index (χ1n) is 7.52. The molecule has 23 heavy (non-hydrogen) atoms. The third-order valence-electron chi connectivity index (χ3n) is 3.58. The highest BCUT2D eigenvalue weighted by molar-refractivity contribution is 5.87. The van der Waals surface area contributed by atoms with Crippen LogP contribution in [0.15, 0.2) is 28.9 Å². The maximum atomic E-state index is 11.9. The second-order valence-corrected chi connectivity index (χ2v) is 5.34. The van der Waals surface area contributed by atoms with Crippen LogP contribution >= 0.6 is 0 Å². The fourth-order valence-electron chi connectivity index (χ4n) is 2.10. The van der Waals surface area contributed by atoms with Crippen molar-refractivity contribution in [3.8, 4) is 5.75 Å². The van der Waals surface area contributed by atoms with E-state index in [1.165, 1.54) is 6.26 Å². The van der Waals surface area contributed by atoms with E-state index in [0.717, 1.165) is 17.4 Å². The number of fused-ring (bicyclic) bond motifs is 1. The van der Waals surface area contributed by atoms with Gasteiger partial charge in [-0.15, -0.1) is 0 Å². The van der Waals surface area contributed by atoms with Gasteiger partial charge in [0.15, 0.2) is 6.61 Å². The molecule has 6 nitrogen and oxygen atoms in total. The van der Waals surface area contributed by atoms with Gasteiger partial charge >= 0.3 is 5.97 Å². The van der Waals surface area contributed by atoms with Crippen molar-refractivity contribution in [1.29, 1.82) is 0 Å². The van der Waals surface area contributed by atoms with E-state index in [1.54, 1.807) is 19.2 Å². The second-order valence-electron chi connectivity index (χ2n) is 5.34. The van der Waals surface area contributed by atoms with E-state index >= 15 is 0 Å². The summed E-state index contributed by atoms with van der Waals surface area (Å²) in [7, 11) is 1.58. The molecule has 1 N–H and O–H groups in total. The molecule has 1 aromatic heterocycles. The van der Waals surface area contributed by atoms with Gasteiger partial charge in [-0.25, -0.2) is 0 Å². The van der Waals surface area contributed by atoms with Crippen molar-refractivity contribution in [2.75, 3.05) is 13.7 Å². The molecule has 1 unspecified atom stereocenters. The van der Waals surface area contributed by atoms with Crippen molar-refractivity contribution in [2.45, 2.75) is 32.7 Å². The number of ether oxygens (including phenoxy) is 2. The number of carbonyl (C=O) groups is 2. The fourth-order valence-corrected chi connectivity index (χ4v) is 2.10. The minimum Gasteiger partial charge on any atom is -0.497 e. The van der Waals surface area contributed by atoms with Crippen molar-refractivity contribution < 1.29 is 23.5 Å². The molecular formula is C17H21NO5. The zero-order chi connectivity index (χ0) is 16.8. The third-order valence-corrected chi connectivity index (χ3v) is 3.58. The number of methoxy groups -OCH3 is 1. The van der Waals surface area contributed by atoms with Crippen LogP contribution in [0.1, 0.15) is 25.8 Å². The molecule has 2 aromatic rings. The van der Waals surface area contributed by atoms with Gasteiger partial charge in [-0.05, 0) is 25.5 Å². The van der Waals surface area contributed by atoms with E-state index in [0.29, 0.717) is 11.3 Å². The summed E-state index contributed by atoms with van der Waals surface area (Å²) in [5.41, 5.74) is 1.36. The molecular weight excluding hydrogens is 298 g/mol. The molecule has 6 heteroatoms. The lowest BCUT2D eigenvalue weighted by molar-refractivity contribution is -0.148. The Kier molecular flexibility index (Phi) is 5.62. The van der Waals surface area contributed by atoms with Gasteiger partial charge < -0.3 is 19.2 Å². The number of amides is 1. The highest BCUT2D eigenvalue weighted by atomic mass is 16.5. The molecule has 0 saturated carbocycles. The van der Waals surface area contributed by atoms with Crippen LogP contribution in [0.2, 0.25) is 0 Å². The highest BCUT2D eigenvalue weighted by Gasteiger charge is 2.14. The van der Waals surface area contributed by atoms with Crippen LogP contribution in [0, 0.1) is 0 Å². The molecule has 0 fully saturated rings. The highest BCUT2D eigenvalue weighted by Crippen LogP contribution is 2.25. The normalized spacial score (nSPS) is 12.0. The van der Waals surface area contributed by atoms with Crippen molar-refractivity contribution >= 4 is 22.8 Å². The standard InChI is InChI=1S/C17H21NO5/c1-4-11(2)18-16(19)10-23-17(20)7-12-9-22-15-8-13(21-3)5-6-14(12)15/h5-6,8-9,11H,4,7,10H2,1-3H3,(H,18,19). The van der Waals surface area contributed by atoms with Gasteiger partial charge in [-0.3, -0.25) is 9.59 Å². The summed E-state index contributed by atoms with van der Waals surface area (Å²) >= 11 is 0. The Hall–Kier alpha value is -2.50. The van der Waals surface area contributed by atoms with Gasteiger partial charge in [-0.2, -0.15) is 0 Å². The predicted molar refractivity (Wildman–Crippen MR) is 85.3 cm³/mol. The van der Waals surface area contributed by atoms with Crippen LogP contribution in [0.3, 0.4) is 0 Å². The Morgan fingerprint density at radius 2 is 2.13 bits per heavy atom. The number of esters is 1. The zero-order valence-electron chi connectivity index (χ0n) is 13.5. The molecule has 0 aliphatic rings. The van der Waals surface area contributed by atoms with Crippen LogP contribution in [0.4, 0.5) is 0 Å². The molecule has 0 bridgehead atoms. The molecule has 2 rings (SSSR count). The molecule has 1 atom stereocenters. The van der Waals surface area contributed by atoms with Crippen molar-refractivity contribution in [3.63, 3.8) is 0 Å². The first-order valence-corrected chi connectivity index (χ1v) is 7.52. The SMILES string of the molecule is CCC(C)NC(=O)COC(=O)Cc1coc2cc(OC)ccc12. The number of hydrogen-bond acceptors (Lipinski definition) is 5. The summed E-state index contributed by atoms with van der Waals surface area (Å²) in [6, 6.07) is 5.44. The lowest BCUT2D eigenvalue weighted by atomic mass is 10.1. The Labute approximate surface area is 134 Å². The first kappa shape index (κ1) is 16.9. The number of benzene rings is 1. The van der Waals surface area contributed by atoms with Crippen LogP contribution in [-0.4, -0.2) is 31.6 Å². The van der Waals surface area contributed by atoms with Gasteiger partial charge in [0.05, 0.1) is 19.8 Å². The number of furan rings is 1. The average Bonchev–Trinajstić information content (AvgIpc) is 2.94. The van der Waals surface area contributed by atoms with E-state index in [2.05, 4.69) is 5.32 Å². The maximum Gasteiger partial charge on any atom is 0.310 e. The molecule has 0 saturated heterocycles. The summed E-state index contributed by atoms with van der Waals surface area (Å²) in [6.45, 7) is 3.59. The molecule has 0 radical (unpaired) electrons. The topological polar surface area (TPSA) is 77.8 Å². The number of carbonyl (C=O) groups excluding carboxylic acids is 2. The fraction of sp³-hybridized carbons (Fsp3) is 0.412. The summed E-state index contributed by atoms with van der Waals surface area (Å²) < 4.78 is 15.5. The van der Waals surface area contributed by atoms with Crippen LogP contribution in [0.5, 0.6) is 5.75 Å². The minimum atomic E-state index is -0.470. The van der Waals surface area contributed by atoms with Crippen LogP contribution in [0.25, 0.3) is 11.0 Å². The summed E-state index contributed by atoms with van der Waals surface area (Å²) in [5.74, 6) is -0.0833. The predicted octanol–water partition coefficient (Wildman–Crippen LogP) is 2.44. The van der Waals surface area contributed by atoms with Crippen molar-refractivity contribution in [3.05, 3.63) is 30.0 Å². The molecule has 0 aliphatic heterocycles. The van der Waals surface area contributed by atoms with E-state index in [9.17, 15) is 9.59 Å². The Morgan fingerprint density at radius 1 is 1.35 bits per heavy atom. The monoisotopic (exact) mass is 319 g/mol. The lowest BCUT2D eigenvalue weighted by Gasteiger charge is -2.11. The number of hydrogen-bond donors (Lipinski definition) is 1. The van der Waals surface area contributed by atoms with Gasteiger partial charge in [0, 0.05) is 23.1 Å². The van der Waals surface area contributed by atoms with Crippen LogP contribution < -0.4 is 10.1 Å². The summed E-state index contributed by atoms with van der Waals surface area (Å²) in [4.78, 5) is 23.4. The smallest absolute Gasteiger partial charge is 0.310 e. The molecule has 1 aromatic carbocycles. The maximum absolute atomic E-state index is 11.9. The van der Waals surface area contributed by atoms with Gasteiger partial charge in [0.2, 0.25) is 0 Å². The van der Waals surface area contributed by atoms with E-state index in [4.69, 9.17) is 13.9 Å². The zero-order valence-corrected chi connectivity index (χ0v) is 13.5. The van der Waals surface area contributed by atoms with E-state index in [1.807, 2.05) is 19.9 Å². The average molecular weight is 319 g/mol. The first-order chi connectivity index (χ1) is 11.0. The van der Waals surface area contributed by atoms with Gasteiger partial charge in [-0.1, -0.05) is 6.92 Å². The largest absolute Gasteiger partial charge is 0.497 e. The molecule has 1 amide bonds. The Morgan fingerprint density at radius 3 is 2.83 bits per heavy atom. The van der Waals surface area contributed by atoms with Crippen molar-refractivity contribution in [1.82, 2.24) is 5.32 Å². The molecule has 124 valence electrons. The third kappa shape index (κ3) is 4.48. The molecule has 0 spiro atoms.